The Morgan fingerprint density at radius 3 is 1.97 bits per heavy atom. The summed E-state index contributed by atoms with van der Waals surface area (Å²) in [6.45, 7) is 9.22. The van der Waals surface area contributed by atoms with E-state index in [2.05, 4.69) is 0 Å². The monoisotopic (exact) mass is 525 g/mol. The van der Waals surface area contributed by atoms with Crippen LogP contribution in [0.1, 0.15) is 65.9 Å². The van der Waals surface area contributed by atoms with Crippen molar-refractivity contribution in [3.63, 3.8) is 0 Å². The van der Waals surface area contributed by atoms with Gasteiger partial charge in [0, 0.05) is 0 Å². The van der Waals surface area contributed by atoms with Crippen LogP contribution < -0.4 is 15.2 Å². The number of nitrogens with two attached hydrogens (primary N) is 1. The highest BCUT2D eigenvalue weighted by atomic mass is 16.7. The Morgan fingerprint density at radius 1 is 0.811 bits per heavy atom. The zero-order valence-corrected chi connectivity index (χ0v) is 22.3. The van der Waals surface area contributed by atoms with E-state index < -0.39 is 30.4 Å². The van der Waals surface area contributed by atoms with Crippen LogP contribution in [0, 0.1) is 5.92 Å². The van der Waals surface area contributed by atoms with E-state index in [9.17, 15) is 19.2 Å². The molecule has 3 atom stereocenters. The van der Waals surface area contributed by atoms with Crippen molar-refractivity contribution < 1.29 is 47.6 Å². The molecule has 0 fully saturated rings. The molecule has 0 aromatic heterocycles. The summed E-state index contributed by atoms with van der Waals surface area (Å²) in [5.74, 6) is -1.45. The molecule has 37 heavy (non-hydrogen) atoms. The lowest BCUT2D eigenvalue weighted by Crippen LogP contribution is -2.36. The first-order valence-electron chi connectivity index (χ1n) is 12.6. The topological polar surface area (TPSA) is 150 Å². The van der Waals surface area contributed by atoms with Gasteiger partial charge < -0.3 is 34.2 Å². The number of carbonyl (C=O) groups excluding carboxylic acids is 4. The summed E-state index contributed by atoms with van der Waals surface area (Å²) in [4.78, 5) is 48.2. The van der Waals surface area contributed by atoms with Gasteiger partial charge in [-0.1, -0.05) is 40.2 Å². The fraction of sp³-hybridized carbons (Fsp3) is 0.615. The maximum absolute atomic E-state index is 12.4. The standard InChI is InChI=1S/C26H39NO10/c1-6-9-17(4)23(28)35-18(5)16-34-24(29)20(27)14-19-10-11-21(36-25(30)32-12-7-2)22(15-19)37-26(31)33-13-8-3/h10-11,15,17-18,20H,6-9,12-14,16,27H2,1-5H3/t17?,18-,20-/m0/s1. The van der Waals surface area contributed by atoms with Crippen molar-refractivity contribution in [2.45, 2.75) is 78.9 Å². The largest absolute Gasteiger partial charge is 0.513 e. The quantitative estimate of drug-likeness (QED) is 0.198. The van der Waals surface area contributed by atoms with E-state index in [0.29, 0.717) is 24.8 Å². The third-order valence-electron chi connectivity index (χ3n) is 4.90. The lowest BCUT2D eigenvalue weighted by atomic mass is 10.1. The van der Waals surface area contributed by atoms with Gasteiger partial charge in [-0.05, 0) is 50.3 Å². The number of hydrogen-bond acceptors (Lipinski definition) is 11. The van der Waals surface area contributed by atoms with Gasteiger partial charge in [0.2, 0.25) is 0 Å². The van der Waals surface area contributed by atoms with Crippen molar-refractivity contribution in [1.82, 2.24) is 0 Å². The molecule has 0 aliphatic heterocycles. The van der Waals surface area contributed by atoms with Gasteiger partial charge >= 0.3 is 24.2 Å². The van der Waals surface area contributed by atoms with Crippen LogP contribution in [0.2, 0.25) is 0 Å². The average Bonchev–Trinajstić information content (AvgIpc) is 2.86. The first-order chi connectivity index (χ1) is 17.6. The van der Waals surface area contributed by atoms with Crippen LogP contribution in [0.5, 0.6) is 11.5 Å². The zero-order valence-electron chi connectivity index (χ0n) is 22.3. The third-order valence-corrected chi connectivity index (χ3v) is 4.90. The number of esters is 2. The van der Waals surface area contributed by atoms with Gasteiger partial charge in [-0.3, -0.25) is 9.59 Å². The summed E-state index contributed by atoms with van der Waals surface area (Å²) in [5, 5.41) is 0. The first-order valence-corrected chi connectivity index (χ1v) is 12.6. The van der Waals surface area contributed by atoms with Gasteiger partial charge in [0.05, 0.1) is 19.1 Å². The van der Waals surface area contributed by atoms with Crippen molar-refractivity contribution in [1.29, 1.82) is 0 Å². The van der Waals surface area contributed by atoms with Crippen LogP contribution in [-0.4, -0.2) is 56.2 Å². The van der Waals surface area contributed by atoms with E-state index in [1.807, 2.05) is 20.8 Å². The third kappa shape index (κ3) is 12.4. The minimum atomic E-state index is -1.05. The molecule has 208 valence electrons. The van der Waals surface area contributed by atoms with Crippen LogP contribution in [0.15, 0.2) is 18.2 Å². The molecule has 0 bridgehead atoms. The van der Waals surface area contributed by atoms with Gasteiger partial charge in [0.25, 0.3) is 0 Å². The van der Waals surface area contributed by atoms with Gasteiger partial charge in [0.1, 0.15) is 18.8 Å². The van der Waals surface area contributed by atoms with Gasteiger partial charge in [-0.15, -0.1) is 0 Å². The summed E-state index contributed by atoms with van der Waals surface area (Å²) in [5.41, 5.74) is 6.50. The van der Waals surface area contributed by atoms with Crippen LogP contribution in [0.4, 0.5) is 9.59 Å². The number of carbonyl (C=O) groups is 4. The second-order valence-electron chi connectivity index (χ2n) is 8.56. The van der Waals surface area contributed by atoms with Crippen molar-refractivity contribution in [3.8, 4) is 11.5 Å². The Balaban J connectivity index is 2.80. The molecular formula is C26H39NO10. The van der Waals surface area contributed by atoms with E-state index in [-0.39, 0.29) is 49.6 Å². The van der Waals surface area contributed by atoms with Crippen LogP contribution in [-0.2, 0) is 35.0 Å². The van der Waals surface area contributed by atoms with Crippen LogP contribution in [0.25, 0.3) is 0 Å². The van der Waals surface area contributed by atoms with E-state index >= 15 is 0 Å². The molecule has 11 nitrogen and oxygen atoms in total. The highest BCUT2D eigenvalue weighted by Crippen LogP contribution is 2.30. The lowest BCUT2D eigenvalue weighted by molar-refractivity contribution is -0.161. The fourth-order valence-corrected chi connectivity index (χ4v) is 3.00. The smallest absolute Gasteiger partial charge is 0.461 e. The lowest BCUT2D eigenvalue weighted by Gasteiger charge is -2.18. The Bertz CT molecular complexity index is 888. The second-order valence-corrected chi connectivity index (χ2v) is 8.56. The molecule has 1 rings (SSSR count). The summed E-state index contributed by atoms with van der Waals surface area (Å²) in [6.07, 6.45) is 0.232. The van der Waals surface area contributed by atoms with Crippen molar-refractivity contribution in [3.05, 3.63) is 23.8 Å². The number of rotatable bonds is 15. The Kier molecular flexibility index (Phi) is 14.7. The van der Waals surface area contributed by atoms with Gasteiger partial charge in [-0.2, -0.15) is 0 Å². The molecule has 2 N–H and O–H groups in total. The summed E-state index contributed by atoms with van der Waals surface area (Å²) < 4.78 is 30.6. The van der Waals surface area contributed by atoms with E-state index in [4.69, 9.17) is 34.2 Å². The van der Waals surface area contributed by atoms with Crippen molar-refractivity contribution >= 4 is 24.2 Å². The Hall–Kier alpha value is -3.34. The van der Waals surface area contributed by atoms with E-state index in [1.54, 1.807) is 19.9 Å². The predicted octanol–water partition coefficient (Wildman–Crippen LogP) is 4.32. The predicted molar refractivity (Wildman–Crippen MR) is 133 cm³/mol. The second kappa shape index (κ2) is 17.2. The Morgan fingerprint density at radius 2 is 1.41 bits per heavy atom. The molecule has 1 aromatic rings. The minimum absolute atomic E-state index is 0.0292. The number of hydrogen-bond donors (Lipinski definition) is 1. The molecule has 0 radical (unpaired) electrons. The molecule has 0 aliphatic rings. The minimum Gasteiger partial charge on any atom is -0.461 e. The maximum Gasteiger partial charge on any atom is 0.513 e. The van der Waals surface area contributed by atoms with Crippen molar-refractivity contribution in [2.24, 2.45) is 11.7 Å². The maximum atomic E-state index is 12.4. The molecule has 0 spiro atoms. The molecule has 1 unspecified atom stereocenters. The normalized spacial score (nSPS) is 13.0. The molecule has 0 aliphatic carbocycles. The molecule has 0 saturated carbocycles. The highest BCUT2D eigenvalue weighted by Gasteiger charge is 2.22. The molecule has 0 saturated heterocycles. The summed E-state index contributed by atoms with van der Waals surface area (Å²) >= 11 is 0. The van der Waals surface area contributed by atoms with E-state index in [1.165, 1.54) is 12.1 Å². The van der Waals surface area contributed by atoms with Gasteiger partial charge in [0.15, 0.2) is 11.5 Å². The molecule has 1 aromatic carbocycles. The summed E-state index contributed by atoms with van der Waals surface area (Å²) in [7, 11) is 0. The summed E-state index contributed by atoms with van der Waals surface area (Å²) in [6, 6.07) is 3.30. The average molecular weight is 526 g/mol. The molecule has 11 heteroatoms. The first kappa shape index (κ1) is 31.7. The SMILES string of the molecule is CCCOC(=O)Oc1ccc(C[C@H](N)C(=O)OC[C@H](C)OC(=O)C(C)CCC)cc1OC(=O)OCCC. The molecule has 0 heterocycles. The number of ether oxygens (including phenoxy) is 6. The fourth-order valence-electron chi connectivity index (χ4n) is 3.00. The van der Waals surface area contributed by atoms with Crippen molar-refractivity contribution in [2.75, 3.05) is 19.8 Å². The van der Waals surface area contributed by atoms with Crippen LogP contribution >= 0.6 is 0 Å². The molecular weight excluding hydrogens is 486 g/mol. The van der Waals surface area contributed by atoms with Crippen LogP contribution in [0.3, 0.4) is 0 Å². The van der Waals surface area contributed by atoms with E-state index in [0.717, 1.165) is 6.42 Å². The highest BCUT2D eigenvalue weighted by molar-refractivity contribution is 5.76. The number of benzene rings is 1. The zero-order chi connectivity index (χ0) is 27.8. The molecule has 0 amide bonds. The Labute approximate surface area is 217 Å². The van der Waals surface area contributed by atoms with Gasteiger partial charge in [-0.25, -0.2) is 9.59 Å².